The van der Waals surface area contributed by atoms with Gasteiger partial charge >= 0.3 is 0 Å². The fourth-order valence-corrected chi connectivity index (χ4v) is 2.26. The molecule has 0 aliphatic rings. The fraction of sp³-hybridized carbons (Fsp3) is 0.143. The SMILES string of the molecule is NC(Cc1c(F)ccc(Br)c1F)c1cc(F)ccc1F. The van der Waals surface area contributed by atoms with Gasteiger partial charge in [0.1, 0.15) is 23.3 Å². The molecular formula is C14H10BrF4N. The van der Waals surface area contributed by atoms with Gasteiger partial charge in [-0.05, 0) is 52.7 Å². The molecule has 20 heavy (non-hydrogen) atoms. The summed E-state index contributed by atoms with van der Waals surface area (Å²) in [5, 5.41) is 0. The Morgan fingerprint density at radius 2 is 1.65 bits per heavy atom. The minimum Gasteiger partial charge on any atom is -0.324 e. The zero-order valence-electron chi connectivity index (χ0n) is 10.1. The lowest BCUT2D eigenvalue weighted by Crippen LogP contribution is -2.17. The molecule has 0 aliphatic carbocycles. The molecule has 0 bridgehead atoms. The van der Waals surface area contributed by atoms with Crippen LogP contribution in [0, 0.1) is 23.3 Å². The quantitative estimate of drug-likeness (QED) is 0.651. The van der Waals surface area contributed by atoms with E-state index in [0.29, 0.717) is 0 Å². The van der Waals surface area contributed by atoms with Crippen LogP contribution in [0.1, 0.15) is 17.2 Å². The zero-order valence-corrected chi connectivity index (χ0v) is 11.7. The van der Waals surface area contributed by atoms with Gasteiger partial charge in [-0.25, -0.2) is 17.6 Å². The van der Waals surface area contributed by atoms with E-state index in [0.717, 1.165) is 24.3 Å². The largest absolute Gasteiger partial charge is 0.324 e. The third-order valence-electron chi connectivity index (χ3n) is 2.92. The summed E-state index contributed by atoms with van der Waals surface area (Å²) in [5.41, 5.74) is 5.34. The summed E-state index contributed by atoms with van der Waals surface area (Å²) in [4.78, 5) is 0. The minimum atomic E-state index is -1.05. The molecule has 1 nitrogen and oxygen atoms in total. The third-order valence-corrected chi connectivity index (χ3v) is 3.53. The molecule has 6 heteroatoms. The second-order valence-electron chi connectivity index (χ2n) is 4.30. The Morgan fingerprint density at radius 1 is 1.00 bits per heavy atom. The van der Waals surface area contributed by atoms with Gasteiger partial charge in [-0.2, -0.15) is 0 Å². The molecule has 0 saturated carbocycles. The minimum absolute atomic E-state index is 0.0841. The first-order valence-electron chi connectivity index (χ1n) is 5.73. The van der Waals surface area contributed by atoms with Crippen molar-refractivity contribution in [3.05, 3.63) is 69.2 Å². The van der Waals surface area contributed by atoms with Gasteiger partial charge in [0.05, 0.1) is 4.47 Å². The van der Waals surface area contributed by atoms with E-state index < -0.39 is 29.3 Å². The summed E-state index contributed by atoms with van der Waals surface area (Å²) in [7, 11) is 0. The van der Waals surface area contributed by atoms with Crippen molar-refractivity contribution in [1.82, 2.24) is 0 Å². The van der Waals surface area contributed by atoms with Gasteiger partial charge in [0.25, 0.3) is 0 Å². The van der Waals surface area contributed by atoms with Crippen LogP contribution in [-0.2, 0) is 6.42 Å². The highest BCUT2D eigenvalue weighted by Crippen LogP contribution is 2.26. The molecule has 106 valence electrons. The fourth-order valence-electron chi connectivity index (χ4n) is 1.88. The van der Waals surface area contributed by atoms with Crippen LogP contribution in [0.2, 0.25) is 0 Å². The van der Waals surface area contributed by atoms with E-state index in [1.54, 1.807) is 0 Å². The molecule has 2 rings (SSSR count). The molecule has 0 aliphatic heterocycles. The molecular weight excluding hydrogens is 338 g/mol. The first kappa shape index (κ1) is 15.0. The van der Waals surface area contributed by atoms with Gasteiger partial charge in [0, 0.05) is 17.2 Å². The maximum absolute atomic E-state index is 13.8. The van der Waals surface area contributed by atoms with Crippen LogP contribution in [0.15, 0.2) is 34.8 Å². The predicted molar refractivity (Wildman–Crippen MR) is 71.0 cm³/mol. The molecule has 2 aromatic rings. The van der Waals surface area contributed by atoms with Crippen molar-refractivity contribution in [2.75, 3.05) is 0 Å². The lowest BCUT2D eigenvalue weighted by Gasteiger charge is -2.15. The van der Waals surface area contributed by atoms with Crippen LogP contribution < -0.4 is 5.73 Å². The number of benzene rings is 2. The van der Waals surface area contributed by atoms with Crippen molar-refractivity contribution in [2.24, 2.45) is 5.73 Å². The van der Waals surface area contributed by atoms with E-state index >= 15 is 0 Å². The maximum atomic E-state index is 13.8. The van der Waals surface area contributed by atoms with Crippen LogP contribution in [0.5, 0.6) is 0 Å². The monoisotopic (exact) mass is 347 g/mol. The van der Waals surface area contributed by atoms with Crippen molar-refractivity contribution in [2.45, 2.75) is 12.5 Å². The van der Waals surface area contributed by atoms with E-state index in [9.17, 15) is 17.6 Å². The zero-order chi connectivity index (χ0) is 14.9. The summed E-state index contributed by atoms with van der Waals surface area (Å²) in [6.07, 6.45) is -0.280. The molecule has 0 radical (unpaired) electrons. The summed E-state index contributed by atoms with van der Waals surface area (Å²) >= 11 is 2.94. The van der Waals surface area contributed by atoms with Crippen LogP contribution in [0.25, 0.3) is 0 Å². The summed E-state index contributed by atoms with van der Waals surface area (Å²) in [6, 6.07) is 4.06. The van der Waals surface area contributed by atoms with E-state index in [1.807, 2.05) is 0 Å². The van der Waals surface area contributed by atoms with Gasteiger partial charge in [-0.1, -0.05) is 0 Å². The first-order chi connectivity index (χ1) is 9.40. The summed E-state index contributed by atoms with van der Waals surface area (Å²) in [6.45, 7) is 0. The standard InChI is InChI=1S/C14H10BrF4N/c15-10-2-4-12(18)9(14(10)19)6-13(20)8-5-7(16)1-3-11(8)17/h1-5,13H,6,20H2. The highest BCUT2D eigenvalue weighted by molar-refractivity contribution is 9.10. The Morgan fingerprint density at radius 3 is 2.35 bits per heavy atom. The Hall–Kier alpha value is -1.40. The molecule has 1 unspecified atom stereocenters. The molecule has 2 N–H and O–H groups in total. The van der Waals surface area contributed by atoms with Gasteiger partial charge in [-0.15, -0.1) is 0 Å². The molecule has 0 heterocycles. The van der Waals surface area contributed by atoms with Gasteiger partial charge in [0.15, 0.2) is 0 Å². The first-order valence-corrected chi connectivity index (χ1v) is 6.52. The summed E-state index contributed by atoms with van der Waals surface area (Å²) < 4.78 is 54.1. The molecule has 0 aromatic heterocycles. The predicted octanol–water partition coefficient (Wildman–Crippen LogP) is 4.25. The second kappa shape index (κ2) is 5.93. The lowest BCUT2D eigenvalue weighted by atomic mass is 9.98. The normalized spacial score (nSPS) is 12.5. The Bertz CT molecular complexity index is 645. The van der Waals surface area contributed by atoms with Crippen molar-refractivity contribution in [1.29, 1.82) is 0 Å². The van der Waals surface area contributed by atoms with Gasteiger partial charge in [0.2, 0.25) is 0 Å². The van der Waals surface area contributed by atoms with Crippen LogP contribution in [0.3, 0.4) is 0 Å². The van der Waals surface area contributed by atoms with E-state index in [4.69, 9.17) is 5.73 Å². The van der Waals surface area contributed by atoms with Gasteiger partial charge < -0.3 is 5.73 Å². The van der Waals surface area contributed by atoms with E-state index in [1.165, 1.54) is 6.07 Å². The average molecular weight is 348 g/mol. The van der Waals surface area contributed by atoms with E-state index in [-0.39, 0.29) is 22.0 Å². The van der Waals surface area contributed by atoms with E-state index in [2.05, 4.69) is 15.9 Å². The Kier molecular flexibility index (Phi) is 4.45. The Labute approximate surface area is 121 Å². The number of nitrogens with two attached hydrogens (primary N) is 1. The second-order valence-corrected chi connectivity index (χ2v) is 5.15. The molecule has 2 aromatic carbocycles. The number of hydrogen-bond donors (Lipinski definition) is 1. The van der Waals surface area contributed by atoms with Crippen LogP contribution >= 0.6 is 15.9 Å². The van der Waals surface area contributed by atoms with Crippen molar-refractivity contribution < 1.29 is 17.6 Å². The van der Waals surface area contributed by atoms with Crippen molar-refractivity contribution in [3.8, 4) is 0 Å². The van der Waals surface area contributed by atoms with Crippen LogP contribution in [0.4, 0.5) is 17.6 Å². The maximum Gasteiger partial charge on any atom is 0.143 e. The highest BCUT2D eigenvalue weighted by atomic mass is 79.9. The number of hydrogen-bond acceptors (Lipinski definition) is 1. The van der Waals surface area contributed by atoms with Crippen molar-refractivity contribution in [3.63, 3.8) is 0 Å². The molecule has 0 saturated heterocycles. The van der Waals surface area contributed by atoms with Crippen molar-refractivity contribution >= 4 is 15.9 Å². The molecule has 0 amide bonds. The lowest BCUT2D eigenvalue weighted by molar-refractivity contribution is 0.521. The number of rotatable bonds is 3. The molecule has 0 spiro atoms. The van der Waals surface area contributed by atoms with Crippen LogP contribution in [-0.4, -0.2) is 0 Å². The molecule has 1 atom stereocenters. The smallest absolute Gasteiger partial charge is 0.143 e. The molecule has 0 fully saturated rings. The van der Waals surface area contributed by atoms with Gasteiger partial charge in [-0.3, -0.25) is 0 Å². The third kappa shape index (κ3) is 3.02. The Balaban J connectivity index is 2.35. The number of halogens is 5. The summed E-state index contributed by atoms with van der Waals surface area (Å²) in [5.74, 6) is -2.95. The topological polar surface area (TPSA) is 26.0 Å². The average Bonchev–Trinajstić information content (AvgIpc) is 2.41. The highest BCUT2D eigenvalue weighted by Gasteiger charge is 2.19.